The number of amides is 1. The normalized spacial score (nSPS) is 29.5. The molecule has 0 spiro atoms. The number of rotatable bonds is 2. The van der Waals surface area contributed by atoms with E-state index in [1.165, 1.54) is 19.3 Å². The Labute approximate surface area is 107 Å². The summed E-state index contributed by atoms with van der Waals surface area (Å²) in [5, 5.41) is 3.16. The lowest BCUT2D eigenvalue weighted by molar-refractivity contribution is 0.0922. The van der Waals surface area contributed by atoms with Crippen LogP contribution in [0.4, 0.5) is 5.82 Å². The van der Waals surface area contributed by atoms with Gasteiger partial charge in [-0.05, 0) is 50.2 Å². The summed E-state index contributed by atoms with van der Waals surface area (Å²) in [6.45, 7) is 1.85. The topological polar surface area (TPSA) is 68.0 Å². The molecule has 0 aliphatic heterocycles. The Morgan fingerprint density at radius 2 is 2.22 bits per heavy atom. The maximum absolute atomic E-state index is 12.2. The largest absolute Gasteiger partial charge is 0.384 e. The molecule has 0 saturated heterocycles. The third-order valence-electron chi connectivity index (χ3n) is 4.29. The summed E-state index contributed by atoms with van der Waals surface area (Å²) in [7, 11) is 0. The zero-order chi connectivity index (χ0) is 12.7. The lowest BCUT2D eigenvalue weighted by Gasteiger charge is -2.23. The molecule has 18 heavy (non-hydrogen) atoms. The van der Waals surface area contributed by atoms with Gasteiger partial charge in [0.1, 0.15) is 5.82 Å². The highest BCUT2D eigenvalue weighted by molar-refractivity contribution is 5.95. The van der Waals surface area contributed by atoms with Crippen LogP contribution in [0, 0.1) is 18.8 Å². The molecule has 2 aliphatic rings. The van der Waals surface area contributed by atoms with Crippen LogP contribution in [0.3, 0.4) is 0 Å². The molecule has 1 amide bonds. The Bertz CT molecular complexity index is 466. The molecular formula is C14H19N3O. The summed E-state index contributed by atoms with van der Waals surface area (Å²) in [5.41, 5.74) is 7.09. The average Bonchev–Trinajstić information content (AvgIpc) is 2.89. The molecule has 2 bridgehead atoms. The molecule has 4 heteroatoms. The molecule has 0 radical (unpaired) electrons. The van der Waals surface area contributed by atoms with Gasteiger partial charge in [0.2, 0.25) is 0 Å². The second-order valence-corrected chi connectivity index (χ2v) is 5.68. The van der Waals surface area contributed by atoms with Gasteiger partial charge in [-0.15, -0.1) is 0 Å². The van der Waals surface area contributed by atoms with Crippen LogP contribution in [-0.4, -0.2) is 16.9 Å². The van der Waals surface area contributed by atoms with E-state index in [0.29, 0.717) is 23.3 Å². The molecule has 3 N–H and O–H groups in total. The number of aromatic nitrogens is 1. The predicted molar refractivity (Wildman–Crippen MR) is 70.1 cm³/mol. The van der Waals surface area contributed by atoms with Crippen molar-refractivity contribution in [3.63, 3.8) is 0 Å². The van der Waals surface area contributed by atoms with Crippen LogP contribution in [0.2, 0.25) is 0 Å². The number of anilines is 1. The molecule has 1 aromatic rings. The average molecular weight is 245 g/mol. The number of nitrogen functional groups attached to an aromatic ring is 1. The van der Waals surface area contributed by atoms with E-state index in [0.717, 1.165) is 18.0 Å². The highest BCUT2D eigenvalue weighted by Crippen LogP contribution is 2.44. The van der Waals surface area contributed by atoms with Crippen LogP contribution in [0.25, 0.3) is 0 Å². The number of pyridine rings is 1. The first-order chi connectivity index (χ1) is 8.61. The summed E-state index contributed by atoms with van der Waals surface area (Å²) in [5.74, 6) is 1.93. The van der Waals surface area contributed by atoms with Crippen LogP contribution in [0.15, 0.2) is 12.1 Å². The SMILES string of the molecule is Cc1cc(C(=O)NC2CC3CCC2C3)cc(N)n1. The molecule has 2 fully saturated rings. The Balaban J connectivity index is 1.71. The molecule has 1 heterocycles. The van der Waals surface area contributed by atoms with E-state index in [-0.39, 0.29) is 5.91 Å². The van der Waals surface area contributed by atoms with Gasteiger partial charge in [-0.2, -0.15) is 0 Å². The number of carbonyl (C=O) groups excluding carboxylic acids is 1. The fourth-order valence-electron chi connectivity index (χ4n) is 3.50. The van der Waals surface area contributed by atoms with Crippen molar-refractivity contribution in [2.75, 3.05) is 5.73 Å². The molecule has 2 aliphatic carbocycles. The monoisotopic (exact) mass is 245 g/mol. The van der Waals surface area contributed by atoms with Crippen molar-refractivity contribution in [1.82, 2.24) is 10.3 Å². The molecule has 1 aromatic heterocycles. The van der Waals surface area contributed by atoms with Crippen LogP contribution < -0.4 is 11.1 Å². The molecule has 4 nitrogen and oxygen atoms in total. The van der Waals surface area contributed by atoms with Crippen molar-refractivity contribution in [2.24, 2.45) is 11.8 Å². The molecule has 3 unspecified atom stereocenters. The van der Waals surface area contributed by atoms with Crippen LogP contribution in [0.5, 0.6) is 0 Å². The van der Waals surface area contributed by atoms with Crippen LogP contribution in [-0.2, 0) is 0 Å². The number of nitrogens with zero attached hydrogens (tertiary/aromatic N) is 1. The Morgan fingerprint density at radius 1 is 1.39 bits per heavy atom. The van der Waals surface area contributed by atoms with Gasteiger partial charge in [0, 0.05) is 17.3 Å². The van der Waals surface area contributed by atoms with Crippen LogP contribution in [0.1, 0.15) is 41.7 Å². The highest BCUT2D eigenvalue weighted by atomic mass is 16.1. The minimum atomic E-state index is -0.00949. The predicted octanol–water partition coefficient (Wildman–Crippen LogP) is 1.89. The van der Waals surface area contributed by atoms with Gasteiger partial charge in [0.25, 0.3) is 5.91 Å². The first kappa shape index (κ1) is 11.5. The number of carbonyl (C=O) groups is 1. The van der Waals surface area contributed by atoms with Gasteiger partial charge >= 0.3 is 0 Å². The summed E-state index contributed by atoms with van der Waals surface area (Å²) in [6.07, 6.45) is 5.06. The summed E-state index contributed by atoms with van der Waals surface area (Å²) in [4.78, 5) is 16.3. The molecule has 96 valence electrons. The second kappa shape index (κ2) is 4.26. The number of hydrogen-bond donors (Lipinski definition) is 2. The van der Waals surface area contributed by atoms with Gasteiger partial charge in [-0.3, -0.25) is 4.79 Å². The van der Waals surface area contributed by atoms with Crippen molar-refractivity contribution in [3.05, 3.63) is 23.4 Å². The Kier molecular flexibility index (Phi) is 2.73. The fraction of sp³-hybridized carbons (Fsp3) is 0.571. The number of nitrogens with two attached hydrogens (primary N) is 1. The van der Waals surface area contributed by atoms with E-state index in [2.05, 4.69) is 10.3 Å². The van der Waals surface area contributed by atoms with E-state index < -0.39 is 0 Å². The first-order valence-corrected chi connectivity index (χ1v) is 6.67. The molecule has 3 atom stereocenters. The van der Waals surface area contributed by atoms with Crippen molar-refractivity contribution in [3.8, 4) is 0 Å². The summed E-state index contributed by atoms with van der Waals surface area (Å²) in [6, 6.07) is 3.81. The third kappa shape index (κ3) is 2.07. The lowest BCUT2D eigenvalue weighted by atomic mass is 9.95. The smallest absolute Gasteiger partial charge is 0.251 e. The standard InChI is InChI=1S/C14H19N3O/c1-8-4-11(7-13(15)16-8)14(18)17-12-6-9-2-3-10(12)5-9/h4,7,9-10,12H,2-3,5-6H2,1H3,(H2,15,16)(H,17,18). The number of hydrogen-bond acceptors (Lipinski definition) is 3. The van der Waals surface area contributed by atoms with Gasteiger partial charge < -0.3 is 11.1 Å². The first-order valence-electron chi connectivity index (χ1n) is 6.67. The Morgan fingerprint density at radius 3 is 2.83 bits per heavy atom. The maximum atomic E-state index is 12.2. The number of nitrogens with one attached hydrogen (secondary N) is 1. The molecule has 0 aromatic carbocycles. The number of aryl methyl sites for hydroxylation is 1. The van der Waals surface area contributed by atoms with Crippen molar-refractivity contribution in [1.29, 1.82) is 0 Å². The summed E-state index contributed by atoms with van der Waals surface area (Å²) >= 11 is 0. The third-order valence-corrected chi connectivity index (χ3v) is 4.29. The zero-order valence-corrected chi connectivity index (χ0v) is 10.6. The summed E-state index contributed by atoms with van der Waals surface area (Å²) < 4.78 is 0. The van der Waals surface area contributed by atoms with Gasteiger partial charge in [0.15, 0.2) is 0 Å². The van der Waals surface area contributed by atoms with E-state index >= 15 is 0 Å². The number of fused-ring (bicyclic) bond motifs is 2. The van der Waals surface area contributed by atoms with Crippen molar-refractivity contribution < 1.29 is 4.79 Å². The molecule has 3 rings (SSSR count). The van der Waals surface area contributed by atoms with E-state index in [1.807, 2.05) is 6.92 Å². The van der Waals surface area contributed by atoms with E-state index in [4.69, 9.17) is 5.73 Å². The highest BCUT2D eigenvalue weighted by Gasteiger charge is 2.40. The second-order valence-electron chi connectivity index (χ2n) is 5.68. The lowest BCUT2D eigenvalue weighted by Crippen LogP contribution is -2.38. The van der Waals surface area contributed by atoms with Crippen molar-refractivity contribution >= 4 is 11.7 Å². The fourth-order valence-corrected chi connectivity index (χ4v) is 3.50. The van der Waals surface area contributed by atoms with Crippen LogP contribution >= 0.6 is 0 Å². The Hall–Kier alpha value is -1.58. The van der Waals surface area contributed by atoms with Gasteiger partial charge in [-0.25, -0.2) is 4.98 Å². The molecular weight excluding hydrogens is 226 g/mol. The van der Waals surface area contributed by atoms with Gasteiger partial charge in [-0.1, -0.05) is 6.42 Å². The molecule has 2 saturated carbocycles. The zero-order valence-electron chi connectivity index (χ0n) is 10.6. The van der Waals surface area contributed by atoms with E-state index in [9.17, 15) is 4.79 Å². The van der Waals surface area contributed by atoms with Crippen molar-refractivity contribution in [2.45, 2.75) is 38.6 Å². The maximum Gasteiger partial charge on any atom is 0.251 e. The van der Waals surface area contributed by atoms with E-state index in [1.54, 1.807) is 12.1 Å². The van der Waals surface area contributed by atoms with Gasteiger partial charge in [0.05, 0.1) is 0 Å². The quantitative estimate of drug-likeness (QED) is 0.836. The minimum absolute atomic E-state index is 0.00949. The minimum Gasteiger partial charge on any atom is -0.384 e.